The van der Waals surface area contributed by atoms with E-state index in [1.54, 1.807) is 38.9 Å². The third-order valence-corrected chi connectivity index (χ3v) is 4.79. The lowest BCUT2D eigenvalue weighted by Gasteiger charge is -2.44. The number of hydrogen-bond donors (Lipinski definition) is 0. The first-order chi connectivity index (χ1) is 12.7. The van der Waals surface area contributed by atoms with Crippen LogP contribution in [-0.4, -0.2) is 69.5 Å². The van der Waals surface area contributed by atoms with E-state index in [0.29, 0.717) is 43.2 Å². The fourth-order valence-corrected chi connectivity index (χ4v) is 3.38. The average molecular weight is 348 g/mol. The number of rotatable bonds is 2. The summed E-state index contributed by atoms with van der Waals surface area (Å²) >= 11 is 0. The molecule has 2 saturated heterocycles. The summed E-state index contributed by atoms with van der Waals surface area (Å²) in [6, 6.07) is 8.79. The van der Waals surface area contributed by atoms with Crippen molar-refractivity contribution < 1.29 is 4.79 Å². The summed E-state index contributed by atoms with van der Waals surface area (Å²) in [5.41, 5.74) is 1.24. The van der Waals surface area contributed by atoms with E-state index in [1.807, 2.05) is 6.07 Å². The van der Waals surface area contributed by atoms with E-state index in [9.17, 15) is 4.79 Å². The van der Waals surface area contributed by atoms with Crippen molar-refractivity contribution in [2.24, 2.45) is 0 Å². The summed E-state index contributed by atoms with van der Waals surface area (Å²) in [6.45, 7) is 3.06. The smallest absolute Gasteiger partial charge is 0.247 e. The molecule has 0 spiro atoms. The Bertz CT molecular complexity index is 923. The number of fused-ring (bicyclic) bond motifs is 1. The lowest BCUT2D eigenvalue weighted by Crippen LogP contribution is -2.64. The van der Waals surface area contributed by atoms with Gasteiger partial charge in [-0.05, 0) is 18.2 Å². The normalized spacial score (nSPS) is 20.4. The maximum Gasteiger partial charge on any atom is 0.247 e. The van der Waals surface area contributed by atoms with Crippen LogP contribution < -0.4 is 4.90 Å². The number of carbonyl (C=O) groups excluding carboxylic acids is 1. The molecular weight excluding hydrogens is 332 g/mol. The van der Waals surface area contributed by atoms with Gasteiger partial charge >= 0.3 is 0 Å². The molecular formula is C17H16N8O. The SMILES string of the molecule is N#Cc1cccc(-n2cc(N3CCN4CCN(C#N)CC4C3=O)nn2)c1. The highest BCUT2D eigenvalue weighted by atomic mass is 16.2. The summed E-state index contributed by atoms with van der Waals surface area (Å²) in [5.74, 6) is 0.417. The van der Waals surface area contributed by atoms with Crippen LogP contribution in [0.5, 0.6) is 0 Å². The summed E-state index contributed by atoms with van der Waals surface area (Å²) in [7, 11) is 0. The van der Waals surface area contributed by atoms with Crippen molar-refractivity contribution in [3.63, 3.8) is 0 Å². The molecule has 2 aromatic rings. The highest BCUT2D eigenvalue weighted by Gasteiger charge is 2.39. The van der Waals surface area contributed by atoms with Gasteiger partial charge in [0.1, 0.15) is 6.04 Å². The Hall–Kier alpha value is -3.43. The van der Waals surface area contributed by atoms with Gasteiger partial charge in [0.05, 0.1) is 30.1 Å². The van der Waals surface area contributed by atoms with Crippen molar-refractivity contribution in [2.45, 2.75) is 6.04 Å². The Kier molecular flexibility index (Phi) is 3.99. The first-order valence-corrected chi connectivity index (χ1v) is 8.32. The molecule has 9 heteroatoms. The van der Waals surface area contributed by atoms with Crippen molar-refractivity contribution in [2.75, 3.05) is 37.6 Å². The molecule has 2 aliphatic rings. The molecule has 1 aromatic heterocycles. The quantitative estimate of drug-likeness (QED) is 0.701. The molecule has 0 N–H and O–H groups in total. The van der Waals surface area contributed by atoms with Gasteiger partial charge in [0.25, 0.3) is 0 Å². The summed E-state index contributed by atoms with van der Waals surface area (Å²) in [4.78, 5) is 18.3. The van der Waals surface area contributed by atoms with Crippen LogP contribution in [-0.2, 0) is 4.79 Å². The first kappa shape index (κ1) is 16.1. The van der Waals surface area contributed by atoms with E-state index in [4.69, 9.17) is 10.5 Å². The third-order valence-electron chi connectivity index (χ3n) is 4.79. The van der Waals surface area contributed by atoms with Crippen molar-refractivity contribution >= 4 is 11.7 Å². The van der Waals surface area contributed by atoms with Gasteiger partial charge in [0, 0.05) is 26.2 Å². The van der Waals surface area contributed by atoms with Crippen LogP contribution in [0.2, 0.25) is 0 Å². The van der Waals surface area contributed by atoms with Gasteiger partial charge in [-0.1, -0.05) is 11.3 Å². The first-order valence-electron chi connectivity index (χ1n) is 8.32. The van der Waals surface area contributed by atoms with Gasteiger partial charge in [-0.2, -0.15) is 10.5 Å². The Morgan fingerprint density at radius 1 is 1.15 bits per heavy atom. The lowest BCUT2D eigenvalue weighted by molar-refractivity contribution is -0.127. The third kappa shape index (κ3) is 2.75. The van der Waals surface area contributed by atoms with E-state index in [-0.39, 0.29) is 11.9 Å². The molecule has 0 saturated carbocycles. The minimum atomic E-state index is -0.329. The summed E-state index contributed by atoms with van der Waals surface area (Å²) in [6.07, 6.45) is 3.82. The molecule has 0 aliphatic carbocycles. The zero-order chi connectivity index (χ0) is 18.1. The molecule has 26 heavy (non-hydrogen) atoms. The van der Waals surface area contributed by atoms with Gasteiger partial charge in [-0.25, -0.2) is 4.68 Å². The Morgan fingerprint density at radius 2 is 2.00 bits per heavy atom. The van der Waals surface area contributed by atoms with Gasteiger partial charge in [-0.3, -0.25) is 14.6 Å². The van der Waals surface area contributed by atoms with Crippen LogP contribution in [0, 0.1) is 22.8 Å². The number of nitrogens with zero attached hydrogens (tertiary/aromatic N) is 8. The number of piperazine rings is 2. The number of nitriles is 2. The predicted octanol–water partition coefficient (Wildman–Crippen LogP) is -0.0471. The molecule has 2 aliphatic heterocycles. The van der Waals surface area contributed by atoms with Crippen LogP contribution in [0.15, 0.2) is 30.5 Å². The monoisotopic (exact) mass is 348 g/mol. The molecule has 130 valence electrons. The fraction of sp³-hybridized carbons (Fsp3) is 0.353. The zero-order valence-electron chi connectivity index (χ0n) is 14.0. The molecule has 1 amide bonds. The van der Waals surface area contributed by atoms with E-state index in [1.165, 1.54) is 0 Å². The van der Waals surface area contributed by atoms with Crippen LogP contribution in [0.1, 0.15) is 5.56 Å². The molecule has 2 fully saturated rings. The Balaban J connectivity index is 1.57. The molecule has 4 rings (SSSR count). The average Bonchev–Trinajstić information content (AvgIpc) is 3.18. The van der Waals surface area contributed by atoms with E-state index in [2.05, 4.69) is 27.5 Å². The van der Waals surface area contributed by atoms with Crippen LogP contribution in [0.3, 0.4) is 0 Å². The van der Waals surface area contributed by atoms with Gasteiger partial charge in [-0.15, -0.1) is 5.10 Å². The second kappa shape index (κ2) is 6.47. The largest absolute Gasteiger partial charge is 0.307 e. The molecule has 0 bridgehead atoms. The molecule has 1 aromatic carbocycles. The summed E-state index contributed by atoms with van der Waals surface area (Å²) < 4.78 is 1.55. The van der Waals surface area contributed by atoms with Crippen LogP contribution in [0.4, 0.5) is 5.82 Å². The maximum atomic E-state index is 12.9. The van der Waals surface area contributed by atoms with Crippen molar-refractivity contribution in [3.8, 4) is 17.9 Å². The number of carbonyl (C=O) groups is 1. The Morgan fingerprint density at radius 3 is 2.81 bits per heavy atom. The van der Waals surface area contributed by atoms with E-state index < -0.39 is 0 Å². The van der Waals surface area contributed by atoms with Crippen molar-refractivity contribution in [3.05, 3.63) is 36.0 Å². The molecule has 1 unspecified atom stereocenters. The minimum absolute atomic E-state index is 0.0611. The van der Waals surface area contributed by atoms with Crippen molar-refractivity contribution in [1.29, 1.82) is 10.5 Å². The molecule has 9 nitrogen and oxygen atoms in total. The molecule has 1 atom stereocenters. The van der Waals surface area contributed by atoms with Crippen LogP contribution >= 0.6 is 0 Å². The standard InChI is InChI=1S/C17H16N8O/c18-9-13-2-1-3-14(8-13)25-11-16(20-21-25)24-7-6-23-5-4-22(12-19)10-15(23)17(24)26/h1-3,8,11,15H,4-7,10H2. The number of hydrogen-bond acceptors (Lipinski definition) is 7. The highest BCUT2D eigenvalue weighted by molar-refractivity contribution is 5.97. The summed E-state index contributed by atoms with van der Waals surface area (Å²) in [5, 5.41) is 26.4. The lowest BCUT2D eigenvalue weighted by atomic mass is 10.1. The van der Waals surface area contributed by atoms with E-state index >= 15 is 0 Å². The molecule has 0 radical (unpaired) electrons. The van der Waals surface area contributed by atoms with Gasteiger partial charge < -0.3 is 4.90 Å². The van der Waals surface area contributed by atoms with E-state index in [0.717, 1.165) is 6.54 Å². The topological polar surface area (TPSA) is 105 Å². The van der Waals surface area contributed by atoms with Gasteiger partial charge in [0.15, 0.2) is 12.0 Å². The van der Waals surface area contributed by atoms with Crippen molar-refractivity contribution in [1.82, 2.24) is 24.8 Å². The number of anilines is 1. The number of benzene rings is 1. The number of amides is 1. The second-order valence-electron chi connectivity index (χ2n) is 6.27. The predicted molar refractivity (Wildman–Crippen MR) is 91.0 cm³/mol. The highest BCUT2D eigenvalue weighted by Crippen LogP contribution is 2.22. The fourth-order valence-electron chi connectivity index (χ4n) is 3.38. The number of aromatic nitrogens is 3. The second-order valence-corrected chi connectivity index (χ2v) is 6.27. The zero-order valence-corrected chi connectivity index (χ0v) is 14.0. The van der Waals surface area contributed by atoms with Crippen LogP contribution in [0.25, 0.3) is 5.69 Å². The Labute approximate surface area is 150 Å². The minimum Gasteiger partial charge on any atom is -0.307 e. The molecule has 3 heterocycles. The maximum absolute atomic E-state index is 12.9. The van der Waals surface area contributed by atoms with Gasteiger partial charge in [0.2, 0.25) is 5.91 Å².